The van der Waals surface area contributed by atoms with Gasteiger partial charge in [0.2, 0.25) is 0 Å². The van der Waals surface area contributed by atoms with Crippen LogP contribution in [0.25, 0.3) is 0 Å². The van der Waals surface area contributed by atoms with Crippen LogP contribution in [0.4, 0.5) is 8.78 Å². The Morgan fingerprint density at radius 3 is 2.67 bits per heavy atom. The van der Waals surface area contributed by atoms with Gasteiger partial charge in [-0.05, 0) is 24.5 Å². The minimum Gasteiger partial charge on any atom is -0.393 e. The number of nitrogens with one attached hydrogen (secondary N) is 1. The summed E-state index contributed by atoms with van der Waals surface area (Å²) in [6.45, 7) is 3.94. The number of aliphatic hydroxyl groups is 1. The lowest BCUT2D eigenvalue weighted by atomic mass is 10.0. The molecule has 3 nitrogen and oxygen atoms in total. The summed E-state index contributed by atoms with van der Waals surface area (Å²) >= 11 is 0. The second-order valence-electron chi connectivity index (χ2n) is 4.46. The van der Waals surface area contributed by atoms with E-state index in [1.54, 1.807) is 0 Å². The van der Waals surface area contributed by atoms with Crippen molar-refractivity contribution < 1.29 is 18.7 Å². The van der Waals surface area contributed by atoms with Gasteiger partial charge in [0.25, 0.3) is 5.91 Å². The van der Waals surface area contributed by atoms with E-state index < -0.39 is 23.6 Å². The van der Waals surface area contributed by atoms with E-state index in [4.69, 9.17) is 0 Å². The molecule has 0 saturated heterocycles. The summed E-state index contributed by atoms with van der Waals surface area (Å²) in [5, 5.41) is 12.0. The van der Waals surface area contributed by atoms with Gasteiger partial charge in [0.15, 0.2) is 11.6 Å². The number of rotatable bonds is 5. The van der Waals surface area contributed by atoms with Crippen LogP contribution in [0.2, 0.25) is 0 Å². The van der Waals surface area contributed by atoms with Gasteiger partial charge < -0.3 is 10.4 Å². The van der Waals surface area contributed by atoms with Crippen LogP contribution in [0.5, 0.6) is 0 Å². The highest BCUT2D eigenvalue weighted by atomic mass is 19.2. The Morgan fingerprint density at radius 1 is 1.39 bits per heavy atom. The monoisotopic (exact) mass is 257 g/mol. The number of amides is 1. The highest BCUT2D eigenvalue weighted by Gasteiger charge is 2.15. The molecule has 1 unspecified atom stereocenters. The van der Waals surface area contributed by atoms with Crippen molar-refractivity contribution in [3.63, 3.8) is 0 Å². The Labute approximate surface area is 105 Å². The van der Waals surface area contributed by atoms with Crippen LogP contribution in [0.3, 0.4) is 0 Å². The Hall–Kier alpha value is -1.49. The Morgan fingerprint density at radius 2 is 2.06 bits per heavy atom. The molecule has 0 aliphatic rings. The Bertz CT molecular complexity index is 421. The third-order valence-electron chi connectivity index (χ3n) is 2.69. The van der Waals surface area contributed by atoms with Crippen molar-refractivity contribution in [2.75, 3.05) is 6.54 Å². The first-order valence-electron chi connectivity index (χ1n) is 5.83. The third-order valence-corrected chi connectivity index (χ3v) is 2.69. The number of aliphatic hydroxyl groups excluding tert-OH is 1. The molecule has 0 aromatic heterocycles. The maximum Gasteiger partial charge on any atom is 0.254 e. The summed E-state index contributed by atoms with van der Waals surface area (Å²) in [5.41, 5.74) is -0.325. The van der Waals surface area contributed by atoms with E-state index in [1.807, 2.05) is 13.8 Å². The number of carbonyl (C=O) groups excluding carboxylic acids is 1. The molecule has 1 atom stereocenters. The van der Waals surface area contributed by atoms with Gasteiger partial charge in [0.05, 0.1) is 11.7 Å². The van der Waals surface area contributed by atoms with E-state index in [2.05, 4.69) is 5.32 Å². The molecule has 0 bridgehead atoms. The number of halogens is 2. The lowest BCUT2D eigenvalue weighted by Crippen LogP contribution is -2.29. The molecule has 0 radical (unpaired) electrons. The molecule has 5 heteroatoms. The standard InChI is InChI=1S/C13H17F2NO2/c1-8(2)11(17)6-7-16-13(18)9-4-3-5-10(14)12(9)15/h3-5,8,11,17H,6-7H2,1-2H3,(H,16,18). The predicted octanol–water partition coefficient (Wildman–Crippen LogP) is 2.10. The first-order valence-corrected chi connectivity index (χ1v) is 5.83. The van der Waals surface area contributed by atoms with E-state index in [1.165, 1.54) is 12.1 Å². The van der Waals surface area contributed by atoms with Gasteiger partial charge in [-0.2, -0.15) is 0 Å². The van der Waals surface area contributed by atoms with Crippen molar-refractivity contribution >= 4 is 5.91 Å². The predicted molar refractivity (Wildman–Crippen MR) is 64.2 cm³/mol. The molecule has 100 valence electrons. The van der Waals surface area contributed by atoms with Crippen molar-refractivity contribution in [3.05, 3.63) is 35.4 Å². The molecule has 0 saturated carbocycles. The number of benzene rings is 1. The first-order chi connectivity index (χ1) is 8.43. The van der Waals surface area contributed by atoms with E-state index >= 15 is 0 Å². The minimum atomic E-state index is -1.15. The molecule has 18 heavy (non-hydrogen) atoms. The summed E-state index contributed by atoms with van der Waals surface area (Å²) in [7, 11) is 0. The van der Waals surface area contributed by atoms with Crippen LogP contribution in [0.1, 0.15) is 30.6 Å². The van der Waals surface area contributed by atoms with Gasteiger partial charge >= 0.3 is 0 Å². The van der Waals surface area contributed by atoms with Crippen molar-refractivity contribution in [1.29, 1.82) is 0 Å². The molecule has 1 rings (SSSR count). The van der Waals surface area contributed by atoms with E-state index in [0.717, 1.165) is 6.07 Å². The lowest BCUT2D eigenvalue weighted by molar-refractivity contribution is 0.0915. The molecule has 0 aliphatic heterocycles. The zero-order chi connectivity index (χ0) is 13.7. The molecule has 0 spiro atoms. The molecule has 0 heterocycles. The summed E-state index contributed by atoms with van der Waals surface area (Å²) in [5.74, 6) is -2.79. The molecule has 2 N–H and O–H groups in total. The van der Waals surface area contributed by atoms with Gasteiger partial charge in [-0.3, -0.25) is 4.79 Å². The highest BCUT2D eigenvalue weighted by Crippen LogP contribution is 2.11. The summed E-state index contributed by atoms with van der Waals surface area (Å²) in [6, 6.07) is 3.44. The lowest BCUT2D eigenvalue weighted by Gasteiger charge is -2.14. The van der Waals surface area contributed by atoms with Crippen LogP contribution in [-0.2, 0) is 0 Å². The largest absolute Gasteiger partial charge is 0.393 e. The molecule has 1 aromatic rings. The third kappa shape index (κ3) is 3.77. The average Bonchev–Trinajstić information content (AvgIpc) is 2.32. The number of hydrogen-bond acceptors (Lipinski definition) is 2. The summed E-state index contributed by atoms with van der Waals surface area (Å²) in [6.07, 6.45) is -0.150. The van der Waals surface area contributed by atoms with Gasteiger partial charge in [0, 0.05) is 6.54 Å². The topological polar surface area (TPSA) is 49.3 Å². The Kier molecular flexibility index (Phi) is 5.22. The summed E-state index contributed by atoms with van der Waals surface area (Å²) in [4.78, 5) is 11.6. The van der Waals surface area contributed by atoms with E-state index in [0.29, 0.717) is 6.42 Å². The molecule has 0 aliphatic carbocycles. The maximum absolute atomic E-state index is 13.3. The van der Waals surface area contributed by atoms with Gasteiger partial charge in [-0.1, -0.05) is 19.9 Å². The molecular formula is C13H17F2NO2. The van der Waals surface area contributed by atoms with Crippen LogP contribution < -0.4 is 5.32 Å². The van der Waals surface area contributed by atoms with Gasteiger partial charge in [-0.15, -0.1) is 0 Å². The van der Waals surface area contributed by atoms with Crippen molar-refractivity contribution in [3.8, 4) is 0 Å². The number of carbonyl (C=O) groups is 1. The molecular weight excluding hydrogens is 240 g/mol. The van der Waals surface area contributed by atoms with Crippen LogP contribution >= 0.6 is 0 Å². The van der Waals surface area contributed by atoms with Crippen LogP contribution in [0, 0.1) is 17.6 Å². The van der Waals surface area contributed by atoms with Crippen molar-refractivity contribution in [1.82, 2.24) is 5.32 Å². The van der Waals surface area contributed by atoms with Crippen molar-refractivity contribution in [2.24, 2.45) is 5.92 Å². The van der Waals surface area contributed by atoms with Gasteiger partial charge in [-0.25, -0.2) is 8.78 Å². The van der Waals surface area contributed by atoms with E-state index in [-0.39, 0.29) is 18.0 Å². The quantitative estimate of drug-likeness (QED) is 0.848. The fourth-order valence-electron chi connectivity index (χ4n) is 1.44. The molecule has 0 fully saturated rings. The zero-order valence-corrected chi connectivity index (χ0v) is 10.4. The highest BCUT2D eigenvalue weighted by molar-refractivity contribution is 5.94. The Balaban J connectivity index is 2.54. The molecule has 1 amide bonds. The fourth-order valence-corrected chi connectivity index (χ4v) is 1.44. The second kappa shape index (κ2) is 6.44. The molecule has 1 aromatic carbocycles. The smallest absolute Gasteiger partial charge is 0.254 e. The minimum absolute atomic E-state index is 0.0906. The van der Waals surface area contributed by atoms with Crippen molar-refractivity contribution in [2.45, 2.75) is 26.4 Å². The average molecular weight is 257 g/mol. The van der Waals surface area contributed by atoms with Crippen LogP contribution in [-0.4, -0.2) is 23.7 Å². The zero-order valence-electron chi connectivity index (χ0n) is 10.4. The second-order valence-corrected chi connectivity index (χ2v) is 4.46. The number of hydrogen-bond donors (Lipinski definition) is 2. The normalized spacial score (nSPS) is 12.6. The summed E-state index contributed by atoms with van der Waals surface area (Å²) < 4.78 is 26.2. The maximum atomic E-state index is 13.3. The van der Waals surface area contributed by atoms with Crippen LogP contribution in [0.15, 0.2) is 18.2 Å². The van der Waals surface area contributed by atoms with Gasteiger partial charge in [0.1, 0.15) is 0 Å². The van der Waals surface area contributed by atoms with E-state index in [9.17, 15) is 18.7 Å². The SMILES string of the molecule is CC(C)C(O)CCNC(=O)c1cccc(F)c1F. The first kappa shape index (κ1) is 14.6. The fraction of sp³-hybridized carbons (Fsp3) is 0.462.